The van der Waals surface area contributed by atoms with Gasteiger partial charge in [-0.3, -0.25) is 9.69 Å². The van der Waals surface area contributed by atoms with Crippen molar-refractivity contribution < 1.29 is 19.4 Å². The molecule has 5 rings (SSSR count). The van der Waals surface area contributed by atoms with Crippen LogP contribution >= 0.6 is 11.6 Å². The smallest absolute Gasteiger partial charge is 0.225 e. The second-order valence-electron chi connectivity index (χ2n) is 10.6. The number of nitrogens with one attached hydrogen (secondary N) is 1. The van der Waals surface area contributed by atoms with Gasteiger partial charge >= 0.3 is 0 Å². The van der Waals surface area contributed by atoms with Crippen molar-refractivity contribution in [1.29, 1.82) is 0 Å². The molecule has 0 saturated carbocycles. The summed E-state index contributed by atoms with van der Waals surface area (Å²) in [6.07, 6.45) is 3.11. The minimum atomic E-state index is -0.773. The predicted molar refractivity (Wildman–Crippen MR) is 145 cm³/mol. The van der Waals surface area contributed by atoms with Crippen molar-refractivity contribution in [3.63, 3.8) is 0 Å². The number of morpholine rings is 1. The van der Waals surface area contributed by atoms with Gasteiger partial charge in [-0.1, -0.05) is 17.7 Å². The number of hydrogen-bond donors (Lipinski definition) is 2. The van der Waals surface area contributed by atoms with Crippen LogP contribution in [0.25, 0.3) is 10.9 Å². The van der Waals surface area contributed by atoms with Crippen LogP contribution in [0.15, 0.2) is 42.6 Å². The molecule has 37 heavy (non-hydrogen) atoms. The van der Waals surface area contributed by atoms with Gasteiger partial charge in [-0.25, -0.2) is 0 Å². The molecule has 2 aliphatic heterocycles. The van der Waals surface area contributed by atoms with Crippen molar-refractivity contribution in [2.75, 3.05) is 39.4 Å². The number of aliphatic hydroxyl groups is 1. The molecule has 3 aromatic rings. The molecule has 0 bridgehead atoms. The quantitative estimate of drug-likeness (QED) is 0.476. The summed E-state index contributed by atoms with van der Waals surface area (Å²) in [5.41, 5.74) is 3.49. The lowest BCUT2D eigenvalue weighted by molar-refractivity contribution is -0.158. The van der Waals surface area contributed by atoms with E-state index in [2.05, 4.69) is 34.1 Å². The van der Waals surface area contributed by atoms with Crippen LogP contribution in [0.3, 0.4) is 0 Å². The van der Waals surface area contributed by atoms with Crippen molar-refractivity contribution in [2.24, 2.45) is 0 Å². The van der Waals surface area contributed by atoms with Gasteiger partial charge in [0.05, 0.1) is 19.1 Å². The van der Waals surface area contributed by atoms with Crippen molar-refractivity contribution in [3.8, 4) is 5.75 Å². The fraction of sp³-hybridized carbons (Fsp3) is 0.483. The molecule has 2 aliphatic rings. The van der Waals surface area contributed by atoms with E-state index in [4.69, 9.17) is 21.1 Å². The fourth-order valence-electron chi connectivity index (χ4n) is 5.47. The van der Waals surface area contributed by atoms with Crippen molar-refractivity contribution in [1.82, 2.24) is 14.8 Å². The number of hydrogen-bond acceptors (Lipinski definition) is 5. The number of aryl methyl sites for hydroxylation is 2. The zero-order valence-electron chi connectivity index (χ0n) is 21.6. The Morgan fingerprint density at radius 2 is 1.92 bits per heavy atom. The Bertz CT molecular complexity index is 1230. The number of H-pyrrole nitrogens is 1. The summed E-state index contributed by atoms with van der Waals surface area (Å²) in [6.45, 7) is 8.03. The van der Waals surface area contributed by atoms with E-state index in [9.17, 15) is 9.90 Å². The summed E-state index contributed by atoms with van der Waals surface area (Å²) in [5, 5.41) is 11.8. The van der Waals surface area contributed by atoms with Crippen LogP contribution in [-0.2, 0) is 16.1 Å². The van der Waals surface area contributed by atoms with Gasteiger partial charge in [-0.2, -0.15) is 0 Å². The molecule has 0 radical (unpaired) electrons. The highest BCUT2D eigenvalue weighted by Crippen LogP contribution is 2.30. The molecule has 0 unspecified atom stereocenters. The molecule has 1 amide bonds. The molecule has 0 aliphatic carbocycles. The van der Waals surface area contributed by atoms with E-state index in [0.717, 1.165) is 40.5 Å². The van der Waals surface area contributed by atoms with Gasteiger partial charge < -0.3 is 24.5 Å². The summed E-state index contributed by atoms with van der Waals surface area (Å²) < 4.78 is 12.7. The molecule has 8 heteroatoms. The highest BCUT2D eigenvalue weighted by atomic mass is 35.5. The largest absolute Gasteiger partial charge is 0.490 e. The van der Waals surface area contributed by atoms with Gasteiger partial charge in [-0.05, 0) is 79.1 Å². The number of nitrogens with zero attached hydrogens (tertiary/aromatic N) is 2. The standard InChI is InChI=1S/C29H36ClN3O4/c1-20-13-25(14-21(2)28(20)30)36-19-29(16-27(35)33-9-6-24(34)7-10-33)18-32(11-12-37-29)17-22-3-4-26-23(15-22)5-8-31-26/h3-5,8,13-15,24,31,34H,6-7,9-12,16-19H2,1-2H3/t29-/m0/s1. The Labute approximate surface area is 223 Å². The number of piperidine rings is 1. The van der Waals surface area contributed by atoms with Crippen LogP contribution < -0.4 is 4.74 Å². The maximum Gasteiger partial charge on any atom is 0.225 e. The van der Waals surface area contributed by atoms with Gasteiger partial charge in [0.15, 0.2) is 0 Å². The topological polar surface area (TPSA) is 78.0 Å². The first-order valence-electron chi connectivity index (χ1n) is 13.1. The molecule has 1 atom stereocenters. The number of carbonyl (C=O) groups excluding carboxylic acids is 1. The first kappa shape index (κ1) is 26.0. The summed E-state index contributed by atoms with van der Waals surface area (Å²) in [6, 6.07) is 12.4. The SMILES string of the molecule is Cc1cc(OC[C@]2(CC(=O)N3CCC(O)CC3)CN(Cc3ccc4[nH]ccc4c3)CCO2)cc(C)c1Cl. The average molecular weight is 526 g/mol. The summed E-state index contributed by atoms with van der Waals surface area (Å²) in [4.78, 5) is 20.8. The highest BCUT2D eigenvalue weighted by molar-refractivity contribution is 6.32. The molecule has 0 spiro atoms. The monoisotopic (exact) mass is 525 g/mol. The zero-order valence-corrected chi connectivity index (χ0v) is 22.4. The number of benzene rings is 2. The van der Waals surface area contributed by atoms with E-state index in [-0.39, 0.29) is 25.0 Å². The number of amides is 1. The number of aromatic amines is 1. The Morgan fingerprint density at radius 3 is 2.68 bits per heavy atom. The van der Waals surface area contributed by atoms with Crippen LogP contribution in [0.1, 0.15) is 36.0 Å². The molecule has 2 fully saturated rings. The number of aromatic nitrogens is 1. The second kappa shape index (κ2) is 11.0. The van der Waals surface area contributed by atoms with Crippen molar-refractivity contribution in [2.45, 2.75) is 51.4 Å². The maximum absolute atomic E-state index is 13.4. The van der Waals surface area contributed by atoms with Crippen LogP contribution in [0.2, 0.25) is 5.02 Å². The second-order valence-corrected chi connectivity index (χ2v) is 11.0. The third-order valence-electron chi connectivity index (χ3n) is 7.55. The zero-order chi connectivity index (χ0) is 26.0. The van der Waals surface area contributed by atoms with E-state index >= 15 is 0 Å². The van der Waals surface area contributed by atoms with E-state index in [1.54, 1.807) is 0 Å². The first-order chi connectivity index (χ1) is 17.8. The third-order valence-corrected chi connectivity index (χ3v) is 8.15. The molecule has 7 nitrogen and oxygen atoms in total. The van der Waals surface area contributed by atoms with Gasteiger partial charge in [0.2, 0.25) is 5.91 Å². The number of ether oxygens (including phenoxy) is 2. The number of fused-ring (bicyclic) bond motifs is 1. The van der Waals surface area contributed by atoms with Crippen LogP contribution in [-0.4, -0.2) is 76.9 Å². The third kappa shape index (κ3) is 6.12. The van der Waals surface area contributed by atoms with Gasteiger partial charge in [0.1, 0.15) is 18.0 Å². The molecule has 2 aromatic carbocycles. The van der Waals surface area contributed by atoms with E-state index in [0.29, 0.717) is 39.1 Å². The Kier molecular flexibility index (Phi) is 7.77. The highest BCUT2D eigenvalue weighted by Gasteiger charge is 2.41. The predicted octanol–water partition coefficient (Wildman–Crippen LogP) is 4.46. The number of likely N-dealkylation sites (tertiary alicyclic amines) is 1. The summed E-state index contributed by atoms with van der Waals surface area (Å²) in [5.74, 6) is 0.778. The van der Waals surface area contributed by atoms with Gasteiger partial charge in [0.25, 0.3) is 0 Å². The Balaban J connectivity index is 1.34. The summed E-state index contributed by atoms with van der Waals surface area (Å²) >= 11 is 6.36. The lowest BCUT2D eigenvalue weighted by Crippen LogP contribution is -2.57. The van der Waals surface area contributed by atoms with Gasteiger partial charge in [0, 0.05) is 49.5 Å². The fourth-order valence-corrected chi connectivity index (χ4v) is 5.58. The van der Waals surface area contributed by atoms with Crippen LogP contribution in [0.4, 0.5) is 0 Å². The summed E-state index contributed by atoms with van der Waals surface area (Å²) in [7, 11) is 0. The van der Waals surface area contributed by atoms with Gasteiger partial charge in [-0.15, -0.1) is 0 Å². The molecule has 2 N–H and O–H groups in total. The molecule has 2 saturated heterocycles. The number of carbonyl (C=O) groups is 1. The van der Waals surface area contributed by atoms with E-state index in [1.807, 2.05) is 37.1 Å². The Hall–Kier alpha value is -2.58. The molecule has 1 aromatic heterocycles. The lowest BCUT2D eigenvalue weighted by Gasteiger charge is -2.43. The minimum Gasteiger partial charge on any atom is -0.490 e. The van der Waals surface area contributed by atoms with Crippen LogP contribution in [0, 0.1) is 13.8 Å². The number of aliphatic hydroxyl groups excluding tert-OH is 1. The Morgan fingerprint density at radius 1 is 1.16 bits per heavy atom. The maximum atomic E-state index is 13.4. The molecule has 198 valence electrons. The first-order valence-corrected chi connectivity index (χ1v) is 13.5. The van der Waals surface area contributed by atoms with Crippen LogP contribution in [0.5, 0.6) is 5.75 Å². The lowest BCUT2D eigenvalue weighted by atomic mass is 9.95. The number of halogens is 1. The van der Waals surface area contributed by atoms with E-state index < -0.39 is 5.60 Å². The van der Waals surface area contributed by atoms with Crippen molar-refractivity contribution in [3.05, 3.63) is 64.3 Å². The minimum absolute atomic E-state index is 0.0505. The molecular weight excluding hydrogens is 490 g/mol. The molecular formula is C29H36ClN3O4. The van der Waals surface area contributed by atoms with E-state index in [1.165, 1.54) is 10.9 Å². The normalized spacial score (nSPS) is 21.5. The average Bonchev–Trinajstić information content (AvgIpc) is 3.34. The van der Waals surface area contributed by atoms with Crippen molar-refractivity contribution >= 4 is 28.4 Å². The molecule has 3 heterocycles. The number of rotatable bonds is 7.